The highest BCUT2D eigenvalue weighted by Crippen LogP contribution is 2.14. The zero-order chi connectivity index (χ0) is 12.1. The maximum absolute atomic E-state index is 12.2. The van der Waals surface area contributed by atoms with Gasteiger partial charge in [-0.3, -0.25) is 4.79 Å². The molecule has 1 N–H and O–H groups in total. The van der Waals surface area contributed by atoms with Gasteiger partial charge in [0.05, 0.1) is 6.04 Å². The summed E-state index contributed by atoms with van der Waals surface area (Å²) in [7, 11) is 0. The van der Waals surface area contributed by atoms with Crippen LogP contribution < -0.4 is 5.32 Å². The number of nitrogens with zero attached hydrogens (tertiary/aromatic N) is 1. The normalized spacial score (nSPS) is 20.6. The van der Waals surface area contributed by atoms with E-state index >= 15 is 0 Å². The van der Waals surface area contributed by atoms with Crippen molar-refractivity contribution in [3.63, 3.8) is 0 Å². The number of likely N-dealkylation sites (tertiary alicyclic amines) is 1. The number of nitrogens with one attached hydrogen (secondary N) is 1. The van der Waals surface area contributed by atoms with Gasteiger partial charge in [0, 0.05) is 13.1 Å². The average molecular weight is 232 g/mol. The van der Waals surface area contributed by atoms with Crippen molar-refractivity contribution in [2.45, 2.75) is 32.4 Å². The molecule has 1 aromatic rings. The van der Waals surface area contributed by atoms with E-state index in [9.17, 15) is 4.79 Å². The van der Waals surface area contributed by atoms with E-state index in [1.165, 1.54) is 5.56 Å². The third kappa shape index (κ3) is 3.07. The molecule has 1 unspecified atom stereocenters. The van der Waals surface area contributed by atoms with E-state index in [4.69, 9.17) is 0 Å². The van der Waals surface area contributed by atoms with Crippen LogP contribution in [0.3, 0.4) is 0 Å². The SMILES string of the molecule is CCNC1CCCN(Cc2ccccc2)C1=O. The van der Waals surface area contributed by atoms with Crippen LogP contribution in [0.15, 0.2) is 30.3 Å². The molecule has 0 radical (unpaired) electrons. The number of carbonyl (C=O) groups excluding carboxylic acids is 1. The molecule has 1 heterocycles. The monoisotopic (exact) mass is 232 g/mol. The van der Waals surface area contributed by atoms with Crippen molar-refractivity contribution in [1.29, 1.82) is 0 Å². The predicted octanol–water partition coefficient (Wildman–Crippen LogP) is 1.79. The van der Waals surface area contributed by atoms with Crippen LogP contribution in [0.1, 0.15) is 25.3 Å². The first-order valence-electron chi connectivity index (χ1n) is 6.37. The van der Waals surface area contributed by atoms with Crippen LogP contribution in [-0.4, -0.2) is 29.9 Å². The van der Waals surface area contributed by atoms with Gasteiger partial charge in [-0.25, -0.2) is 0 Å². The number of hydrogen-bond donors (Lipinski definition) is 1. The molecule has 3 heteroatoms. The number of carbonyl (C=O) groups is 1. The van der Waals surface area contributed by atoms with Gasteiger partial charge in [-0.2, -0.15) is 0 Å². The van der Waals surface area contributed by atoms with Crippen molar-refractivity contribution >= 4 is 5.91 Å². The van der Waals surface area contributed by atoms with Crippen molar-refractivity contribution in [3.8, 4) is 0 Å². The van der Waals surface area contributed by atoms with E-state index in [2.05, 4.69) is 17.4 Å². The Balaban J connectivity index is 1.98. The summed E-state index contributed by atoms with van der Waals surface area (Å²) >= 11 is 0. The second-order valence-corrected chi connectivity index (χ2v) is 4.50. The van der Waals surface area contributed by atoms with Crippen molar-refractivity contribution in [3.05, 3.63) is 35.9 Å². The molecule has 1 atom stereocenters. The minimum atomic E-state index is 0.0254. The van der Waals surface area contributed by atoms with E-state index in [1.807, 2.05) is 30.0 Å². The van der Waals surface area contributed by atoms with Crippen molar-refractivity contribution in [2.24, 2.45) is 0 Å². The van der Waals surface area contributed by atoms with Crippen molar-refractivity contribution < 1.29 is 4.79 Å². The van der Waals surface area contributed by atoms with Gasteiger partial charge in [-0.15, -0.1) is 0 Å². The molecule has 3 nitrogen and oxygen atoms in total. The number of benzene rings is 1. The fourth-order valence-corrected chi connectivity index (χ4v) is 2.34. The minimum absolute atomic E-state index is 0.0254. The summed E-state index contributed by atoms with van der Waals surface area (Å²) in [6, 6.07) is 10.2. The highest BCUT2D eigenvalue weighted by atomic mass is 16.2. The average Bonchev–Trinajstić information content (AvgIpc) is 2.36. The van der Waals surface area contributed by atoms with Crippen LogP contribution in [0.25, 0.3) is 0 Å². The smallest absolute Gasteiger partial charge is 0.240 e. The summed E-state index contributed by atoms with van der Waals surface area (Å²) in [4.78, 5) is 14.1. The second-order valence-electron chi connectivity index (χ2n) is 4.50. The molecule has 0 aliphatic carbocycles. The standard InChI is InChI=1S/C14H20N2O/c1-2-15-13-9-6-10-16(14(13)17)11-12-7-4-3-5-8-12/h3-5,7-8,13,15H,2,6,9-11H2,1H3. The van der Waals surface area contributed by atoms with Gasteiger partial charge in [0.25, 0.3) is 0 Å². The predicted molar refractivity (Wildman–Crippen MR) is 68.6 cm³/mol. The number of piperidine rings is 1. The lowest BCUT2D eigenvalue weighted by molar-refractivity contribution is -0.136. The Morgan fingerprint density at radius 2 is 2.12 bits per heavy atom. The summed E-state index contributed by atoms with van der Waals surface area (Å²) in [5.41, 5.74) is 1.21. The Morgan fingerprint density at radius 1 is 1.35 bits per heavy atom. The summed E-state index contributed by atoms with van der Waals surface area (Å²) in [6.45, 7) is 4.52. The molecule has 92 valence electrons. The van der Waals surface area contributed by atoms with Gasteiger partial charge in [-0.1, -0.05) is 37.3 Å². The Hall–Kier alpha value is -1.35. The van der Waals surface area contributed by atoms with Gasteiger partial charge in [-0.05, 0) is 24.9 Å². The van der Waals surface area contributed by atoms with Crippen LogP contribution >= 0.6 is 0 Å². The molecule has 0 aromatic heterocycles. The van der Waals surface area contributed by atoms with Gasteiger partial charge < -0.3 is 10.2 Å². The number of hydrogen-bond acceptors (Lipinski definition) is 2. The van der Waals surface area contributed by atoms with E-state index in [0.717, 1.165) is 32.5 Å². The summed E-state index contributed by atoms with van der Waals surface area (Å²) in [6.07, 6.45) is 2.06. The summed E-state index contributed by atoms with van der Waals surface area (Å²) in [5, 5.41) is 3.26. The van der Waals surface area contributed by atoms with Crippen LogP contribution in [0.5, 0.6) is 0 Å². The highest BCUT2D eigenvalue weighted by Gasteiger charge is 2.27. The van der Waals surface area contributed by atoms with E-state index in [1.54, 1.807) is 0 Å². The van der Waals surface area contributed by atoms with Gasteiger partial charge in [0.1, 0.15) is 0 Å². The van der Waals surface area contributed by atoms with Gasteiger partial charge >= 0.3 is 0 Å². The molecule has 1 aliphatic heterocycles. The van der Waals surface area contributed by atoms with Gasteiger partial charge in [0.2, 0.25) is 5.91 Å². The lowest BCUT2D eigenvalue weighted by atomic mass is 10.0. The van der Waals surface area contributed by atoms with Crippen LogP contribution in [-0.2, 0) is 11.3 Å². The Bertz CT molecular complexity index is 362. The first-order chi connectivity index (χ1) is 8.31. The third-order valence-electron chi connectivity index (χ3n) is 3.20. The molecule has 0 bridgehead atoms. The second kappa shape index (κ2) is 5.82. The summed E-state index contributed by atoms with van der Waals surface area (Å²) in [5.74, 6) is 0.252. The molecule has 17 heavy (non-hydrogen) atoms. The number of amides is 1. The quantitative estimate of drug-likeness (QED) is 0.858. The fraction of sp³-hybridized carbons (Fsp3) is 0.500. The third-order valence-corrected chi connectivity index (χ3v) is 3.20. The van der Waals surface area contributed by atoms with Crippen molar-refractivity contribution in [1.82, 2.24) is 10.2 Å². The Morgan fingerprint density at radius 3 is 2.82 bits per heavy atom. The molecule has 1 amide bonds. The zero-order valence-corrected chi connectivity index (χ0v) is 10.4. The lowest BCUT2D eigenvalue weighted by Crippen LogP contribution is -2.50. The lowest BCUT2D eigenvalue weighted by Gasteiger charge is -2.32. The fourth-order valence-electron chi connectivity index (χ4n) is 2.34. The molecule has 1 aliphatic rings. The molecule has 1 fully saturated rings. The van der Waals surface area contributed by atoms with Gasteiger partial charge in [0.15, 0.2) is 0 Å². The maximum Gasteiger partial charge on any atom is 0.240 e. The molecule has 1 saturated heterocycles. The van der Waals surface area contributed by atoms with E-state index in [-0.39, 0.29) is 11.9 Å². The first kappa shape index (κ1) is 12.1. The van der Waals surface area contributed by atoms with Crippen LogP contribution in [0.2, 0.25) is 0 Å². The molecule has 0 spiro atoms. The minimum Gasteiger partial charge on any atom is -0.337 e. The number of likely N-dealkylation sites (N-methyl/N-ethyl adjacent to an activating group) is 1. The highest BCUT2D eigenvalue weighted by molar-refractivity contribution is 5.82. The Labute approximate surface area is 103 Å². The largest absolute Gasteiger partial charge is 0.337 e. The van der Waals surface area contributed by atoms with E-state index in [0.29, 0.717) is 0 Å². The topological polar surface area (TPSA) is 32.3 Å². The first-order valence-corrected chi connectivity index (χ1v) is 6.37. The molecular formula is C14H20N2O. The van der Waals surface area contributed by atoms with Crippen LogP contribution in [0.4, 0.5) is 0 Å². The van der Waals surface area contributed by atoms with E-state index < -0.39 is 0 Å². The van der Waals surface area contributed by atoms with Crippen molar-refractivity contribution in [2.75, 3.05) is 13.1 Å². The molecule has 2 rings (SSSR count). The maximum atomic E-state index is 12.2. The van der Waals surface area contributed by atoms with Crippen LogP contribution in [0, 0.1) is 0 Å². The molecule has 1 aromatic carbocycles. The molecular weight excluding hydrogens is 212 g/mol. The zero-order valence-electron chi connectivity index (χ0n) is 10.4. The molecule has 0 saturated carbocycles. The number of rotatable bonds is 4. The summed E-state index contributed by atoms with van der Waals surface area (Å²) < 4.78 is 0. The Kier molecular flexibility index (Phi) is 4.15.